The Morgan fingerprint density at radius 1 is 1.47 bits per heavy atom. The fourth-order valence-corrected chi connectivity index (χ4v) is 1.57. The van der Waals surface area contributed by atoms with Crippen molar-refractivity contribution in [3.63, 3.8) is 0 Å². The lowest BCUT2D eigenvalue weighted by Crippen LogP contribution is -2.04. The van der Waals surface area contributed by atoms with Crippen LogP contribution in [0.4, 0.5) is 0 Å². The summed E-state index contributed by atoms with van der Waals surface area (Å²) in [5.41, 5.74) is 1.77. The lowest BCUT2D eigenvalue weighted by Gasteiger charge is -2.10. The molecule has 0 aliphatic rings. The van der Waals surface area contributed by atoms with Crippen molar-refractivity contribution in [3.05, 3.63) is 30.1 Å². The summed E-state index contributed by atoms with van der Waals surface area (Å²) in [6.07, 6.45) is 2.08. The van der Waals surface area contributed by atoms with Crippen molar-refractivity contribution in [2.45, 2.75) is 19.8 Å². The van der Waals surface area contributed by atoms with E-state index in [-0.39, 0.29) is 6.42 Å². The van der Waals surface area contributed by atoms with E-state index in [1.807, 2.05) is 25.1 Å². The minimum atomic E-state index is -0.817. The maximum atomic E-state index is 10.4. The van der Waals surface area contributed by atoms with E-state index in [0.717, 1.165) is 11.3 Å². The van der Waals surface area contributed by atoms with Gasteiger partial charge in [-0.1, -0.05) is 6.07 Å². The van der Waals surface area contributed by atoms with Crippen LogP contribution in [-0.2, 0) is 4.79 Å². The Balaban J connectivity index is 2.03. The van der Waals surface area contributed by atoms with E-state index in [1.54, 1.807) is 0 Å². The average molecular weight is 262 g/mol. The minimum absolute atomic E-state index is 0.103. The molecule has 0 fully saturated rings. The molecular formula is C12H14N4O3. The highest BCUT2D eigenvalue weighted by molar-refractivity contribution is 5.66. The van der Waals surface area contributed by atoms with Crippen LogP contribution in [0.5, 0.6) is 5.75 Å². The van der Waals surface area contributed by atoms with Gasteiger partial charge in [0.25, 0.3) is 0 Å². The number of nitrogens with zero attached hydrogens (tertiary/aromatic N) is 4. The number of rotatable bonds is 6. The van der Waals surface area contributed by atoms with Gasteiger partial charge in [-0.15, -0.1) is 5.10 Å². The zero-order valence-corrected chi connectivity index (χ0v) is 10.5. The molecule has 0 radical (unpaired) electrons. The number of aryl methyl sites for hydroxylation is 1. The monoisotopic (exact) mass is 262 g/mol. The third-order valence-electron chi connectivity index (χ3n) is 2.58. The number of aliphatic carboxylic acids is 1. The number of carboxylic acid groups (broad SMARTS) is 1. The van der Waals surface area contributed by atoms with Gasteiger partial charge in [0.15, 0.2) is 0 Å². The smallest absolute Gasteiger partial charge is 0.303 e. The van der Waals surface area contributed by atoms with Gasteiger partial charge in [-0.3, -0.25) is 4.79 Å². The summed E-state index contributed by atoms with van der Waals surface area (Å²) in [7, 11) is 0. The number of tetrazole rings is 1. The molecule has 2 rings (SSSR count). The van der Waals surface area contributed by atoms with E-state index in [2.05, 4.69) is 15.5 Å². The van der Waals surface area contributed by atoms with Gasteiger partial charge in [-0.2, -0.15) is 0 Å². The van der Waals surface area contributed by atoms with Crippen LogP contribution in [0.25, 0.3) is 5.69 Å². The number of ether oxygens (including phenoxy) is 1. The lowest BCUT2D eigenvalue weighted by molar-refractivity contribution is -0.137. The lowest BCUT2D eigenvalue weighted by atomic mass is 10.2. The quantitative estimate of drug-likeness (QED) is 0.787. The molecule has 7 heteroatoms. The highest BCUT2D eigenvalue weighted by Crippen LogP contribution is 2.21. The molecule has 1 heterocycles. The van der Waals surface area contributed by atoms with Crippen LogP contribution in [0.15, 0.2) is 24.5 Å². The van der Waals surface area contributed by atoms with Crippen LogP contribution < -0.4 is 4.74 Å². The molecular weight excluding hydrogens is 248 g/mol. The molecule has 0 unspecified atom stereocenters. The second kappa shape index (κ2) is 5.94. The highest BCUT2D eigenvalue weighted by Gasteiger charge is 2.05. The molecule has 0 bridgehead atoms. The summed E-state index contributed by atoms with van der Waals surface area (Å²) >= 11 is 0. The van der Waals surface area contributed by atoms with Crippen LogP contribution >= 0.6 is 0 Å². The molecule has 0 saturated carbocycles. The summed E-state index contributed by atoms with van der Waals surface area (Å²) in [5.74, 6) is -0.110. The number of carbonyl (C=O) groups is 1. The first kappa shape index (κ1) is 13.0. The minimum Gasteiger partial charge on any atom is -0.493 e. The predicted octanol–water partition coefficient (Wildman–Crippen LogP) is 1.21. The number of aromatic nitrogens is 4. The van der Waals surface area contributed by atoms with Crippen LogP contribution in [0, 0.1) is 6.92 Å². The van der Waals surface area contributed by atoms with E-state index >= 15 is 0 Å². The molecule has 19 heavy (non-hydrogen) atoms. The van der Waals surface area contributed by atoms with Gasteiger partial charge in [0.05, 0.1) is 12.3 Å². The number of benzene rings is 1. The van der Waals surface area contributed by atoms with Gasteiger partial charge in [0.1, 0.15) is 12.1 Å². The normalized spacial score (nSPS) is 10.4. The van der Waals surface area contributed by atoms with Gasteiger partial charge in [-0.25, -0.2) is 4.68 Å². The van der Waals surface area contributed by atoms with Crippen molar-refractivity contribution < 1.29 is 14.6 Å². The molecule has 0 amide bonds. The molecule has 100 valence electrons. The van der Waals surface area contributed by atoms with E-state index in [4.69, 9.17) is 9.84 Å². The van der Waals surface area contributed by atoms with Crippen LogP contribution in [0.2, 0.25) is 0 Å². The SMILES string of the molecule is Cc1ccc(-n2cnnn2)cc1OCCCC(=O)O. The maximum Gasteiger partial charge on any atom is 0.303 e. The molecule has 1 aromatic heterocycles. The molecule has 0 aliphatic carbocycles. The first-order valence-corrected chi connectivity index (χ1v) is 5.85. The van der Waals surface area contributed by atoms with Gasteiger partial charge in [-0.05, 0) is 35.4 Å². The molecule has 2 aromatic rings. The zero-order valence-electron chi connectivity index (χ0n) is 10.5. The van der Waals surface area contributed by atoms with Crippen molar-refractivity contribution >= 4 is 5.97 Å². The van der Waals surface area contributed by atoms with Crippen molar-refractivity contribution in [2.24, 2.45) is 0 Å². The first-order chi connectivity index (χ1) is 9.16. The molecule has 1 N–H and O–H groups in total. The van der Waals surface area contributed by atoms with Crippen molar-refractivity contribution in [3.8, 4) is 11.4 Å². The third-order valence-corrected chi connectivity index (χ3v) is 2.58. The van der Waals surface area contributed by atoms with Crippen molar-refractivity contribution in [2.75, 3.05) is 6.61 Å². The molecule has 0 aliphatic heterocycles. The first-order valence-electron chi connectivity index (χ1n) is 5.85. The van der Waals surface area contributed by atoms with Crippen LogP contribution in [-0.4, -0.2) is 37.9 Å². The van der Waals surface area contributed by atoms with E-state index in [9.17, 15) is 4.79 Å². The predicted molar refractivity (Wildman–Crippen MR) is 66.3 cm³/mol. The molecule has 1 aromatic carbocycles. The van der Waals surface area contributed by atoms with Crippen LogP contribution in [0.3, 0.4) is 0 Å². The van der Waals surface area contributed by atoms with Gasteiger partial charge < -0.3 is 9.84 Å². The largest absolute Gasteiger partial charge is 0.493 e. The molecule has 0 saturated heterocycles. The second-order valence-corrected chi connectivity index (χ2v) is 4.05. The Morgan fingerprint density at radius 3 is 3.00 bits per heavy atom. The zero-order chi connectivity index (χ0) is 13.7. The Morgan fingerprint density at radius 2 is 2.32 bits per heavy atom. The summed E-state index contributed by atoms with van der Waals surface area (Å²) in [6, 6.07) is 5.62. The Bertz CT molecular complexity index is 554. The number of hydrogen-bond acceptors (Lipinski definition) is 5. The third kappa shape index (κ3) is 3.51. The molecule has 0 spiro atoms. The van der Waals surface area contributed by atoms with E-state index < -0.39 is 5.97 Å². The number of hydrogen-bond donors (Lipinski definition) is 1. The fourth-order valence-electron chi connectivity index (χ4n) is 1.57. The van der Waals surface area contributed by atoms with E-state index in [0.29, 0.717) is 18.8 Å². The van der Waals surface area contributed by atoms with Crippen molar-refractivity contribution in [1.82, 2.24) is 20.2 Å². The van der Waals surface area contributed by atoms with Gasteiger partial charge in [0, 0.05) is 12.5 Å². The Hall–Kier alpha value is -2.44. The highest BCUT2D eigenvalue weighted by atomic mass is 16.5. The Kier molecular flexibility index (Phi) is 4.07. The topological polar surface area (TPSA) is 90.1 Å². The van der Waals surface area contributed by atoms with Gasteiger partial charge in [0.2, 0.25) is 0 Å². The van der Waals surface area contributed by atoms with Gasteiger partial charge >= 0.3 is 5.97 Å². The van der Waals surface area contributed by atoms with E-state index in [1.165, 1.54) is 11.0 Å². The second-order valence-electron chi connectivity index (χ2n) is 4.05. The average Bonchev–Trinajstić information content (AvgIpc) is 2.90. The summed E-state index contributed by atoms with van der Waals surface area (Å²) in [4.78, 5) is 10.4. The molecule has 0 atom stereocenters. The summed E-state index contributed by atoms with van der Waals surface area (Å²) < 4.78 is 7.11. The van der Waals surface area contributed by atoms with Crippen LogP contribution in [0.1, 0.15) is 18.4 Å². The number of carboxylic acids is 1. The fraction of sp³-hybridized carbons (Fsp3) is 0.333. The standard InChI is InChI=1S/C12H14N4O3/c1-9-4-5-10(16-8-13-14-15-16)7-11(9)19-6-2-3-12(17)18/h4-5,7-8H,2-3,6H2,1H3,(H,17,18). The summed E-state index contributed by atoms with van der Waals surface area (Å²) in [5, 5.41) is 19.5. The molecule has 7 nitrogen and oxygen atoms in total. The Labute approximate surface area is 109 Å². The summed E-state index contributed by atoms with van der Waals surface area (Å²) in [6.45, 7) is 2.29. The van der Waals surface area contributed by atoms with Crippen molar-refractivity contribution in [1.29, 1.82) is 0 Å². The maximum absolute atomic E-state index is 10.4.